The number of carbonyl (C=O) groups is 3. The van der Waals surface area contributed by atoms with E-state index in [2.05, 4.69) is 10.3 Å². The lowest BCUT2D eigenvalue weighted by Gasteiger charge is -2.40. The lowest BCUT2D eigenvalue weighted by molar-refractivity contribution is -0.143. The van der Waals surface area contributed by atoms with Crippen LogP contribution in [-0.4, -0.2) is 70.9 Å². The summed E-state index contributed by atoms with van der Waals surface area (Å²) >= 11 is 0. The Balaban J connectivity index is 1.25. The summed E-state index contributed by atoms with van der Waals surface area (Å²) in [5.74, 6) is -1.17. The summed E-state index contributed by atoms with van der Waals surface area (Å²) in [6, 6.07) is 9.27. The van der Waals surface area contributed by atoms with Crippen LogP contribution in [0.25, 0.3) is 11.0 Å². The number of amides is 2. The second kappa shape index (κ2) is 10.1. The van der Waals surface area contributed by atoms with Gasteiger partial charge in [-0.1, -0.05) is 43.5 Å². The van der Waals surface area contributed by atoms with Crippen molar-refractivity contribution in [3.63, 3.8) is 0 Å². The smallest absolute Gasteiger partial charge is 0.288 e. The summed E-state index contributed by atoms with van der Waals surface area (Å²) in [5, 5.41) is 3.86. The van der Waals surface area contributed by atoms with Gasteiger partial charge in [-0.3, -0.25) is 19.4 Å². The normalized spacial score (nSPS) is 22.9. The monoisotopic (exact) mass is 564 g/mol. The summed E-state index contributed by atoms with van der Waals surface area (Å²) in [7, 11) is -3.81. The molecule has 11 heteroatoms. The van der Waals surface area contributed by atoms with Crippen LogP contribution in [0.15, 0.2) is 53.2 Å². The predicted molar refractivity (Wildman–Crippen MR) is 147 cm³/mol. The molecule has 2 amide bonds. The molecular formula is C29H32N4O6S. The number of pyridine rings is 1. The molecule has 0 radical (unpaired) electrons. The number of furan rings is 1. The van der Waals surface area contributed by atoms with Crippen LogP contribution in [0.4, 0.5) is 0 Å². The van der Waals surface area contributed by atoms with Crippen LogP contribution < -0.4 is 5.32 Å². The van der Waals surface area contributed by atoms with Crippen molar-refractivity contribution < 1.29 is 27.2 Å². The average molecular weight is 565 g/mol. The van der Waals surface area contributed by atoms with Gasteiger partial charge < -0.3 is 14.6 Å². The van der Waals surface area contributed by atoms with Crippen molar-refractivity contribution in [3.8, 4) is 0 Å². The number of aromatic nitrogens is 1. The van der Waals surface area contributed by atoms with Gasteiger partial charge >= 0.3 is 0 Å². The number of sulfonamides is 1. The first kappa shape index (κ1) is 26.6. The number of aryl methyl sites for hydroxylation is 1. The lowest BCUT2D eigenvalue weighted by atomic mass is 9.80. The molecule has 3 aromatic rings. The van der Waals surface area contributed by atoms with Crippen molar-refractivity contribution in [3.05, 3.63) is 65.7 Å². The number of para-hydroxylation sites is 1. The van der Waals surface area contributed by atoms with E-state index in [4.69, 9.17) is 4.42 Å². The highest BCUT2D eigenvalue weighted by Gasteiger charge is 2.56. The van der Waals surface area contributed by atoms with Crippen molar-refractivity contribution in [2.45, 2.75) is 68.8 Å². The number of carbonyl (C=O) groups excluding carboxylic acids is 3. The maximum atomic E-state index is 14.2. The maximum Gasteiger partial charge on any atom is 0.288 e. The molecule has 2 unspecified atom stereocenters. The molecule has 3 aliphatic rings. The zero-order valence-electron chi connectivity index (χ0n) is 22.3. The minimum Gasteiger partial charge on any atom is -0.451 e. The highest BCUT2D eigenvalue weighted by atomic mass is 32.2. The molecule has 4 heterocycles. The molecule has 3 fully saturated rings. The first-order chi connectivity index (χ1) is 19.2. The van der Waals surface area contributed by atoms with Gasteiger partial charge in [-0.25, -0.2) is 8.42 Å². The number of fused-ring (bicyclic) bond motifs is 2. The van der Waals surface area contributed by atoms with Crippen LogP contribution in [-0.2, 0) is 25.4 Å². The third kappa shape index (κ3) is 4.50. The van der Waals surface area contributed by atoms with E-state index in [-0.39, 0.29) is 36.3 Å². The Bertz CT molecular complexity index is 1580. The predicted octanol–water partition coefficient (Wildman–Crippen LogP) is 2.95. The van der Waals surface area contributed by atoms with Crippen molar-refractivity contribution in [1.29, 1.82) is 0 Å². The molecule has 2 aromatic heterocycles. The fourth-order valence-corrected chi connectivity index (χ4v) is 8.34. The minimum absolute atomic E-state index is 0.169. The highest BCUT2D eigenvalue weighted by molar-refractivity contribution is 7.88. The average Bonchev–Trinajstić information content (AvgIpc) is 3.63. The standard InChI is InChI=1S/C29H32N4O6S/c1-19-21-9-3-4-10-24(21)39-26(19)27(35)31-29(12-5-2-6-13-29)28(36)32-15-11-22-25(32)23(34)17-33(22)40(37,38)18-20-8-7-14-30-16-20/h3-4,7-10,14,16,22,25H,2,5-6,11-13,15,17-18H2,1H3,(H,31,35). The third-order valence-electron chi connectivity index (χ3n) is 8.59. The second-order valence-electron chi connectivity index (χ2n) is 11.1. The number of ketones is 1. The van der Waals surface area contributed by atoms with Crippen molar-refractivity contribution in [2.24, 2.45) is 0 Å². The van der Waals surface area contributed by atoms with Crippen molar-refractivity contribution in [2.75, 3.05) is 13.1 Å². The fourth-order valence-electron chi connectivity index (χ4n) is 6.63. The molecule has 1 aliphatic carbocycles. The molecule has 0 bridgehead atoms. The van der Waals surface area contributed by atoms with Gasteiger partial charge in [-0.15, -0.1) is 0 Å². The quantitative estimate of drug-likeness (QED) is 0.487. The zero-order chi connectivity index (χ0) is 28.1. The van der Waals surface area contributed by atoms with Gasteiger partial charge in [0.05, 0.1) is 18.3 Å². The maximum absolute atomic E-state index is 14.2. The number of rotatable bonds is 6. The van der Waals surface area contributed by atoms with E-state index >= 15 is 0 Å². The van der Waals surface area contributed by atoms with E-state index in [9.17, 15) is 22.8 Å². The number of Topliss-reactive ketones (excluding diaryl/α,β-unsaturated/α-hetero) is 1. The Morgan fingerprint density at radius 3 is 2.62 bits per heavy atom. The van der Waals surface area contributed by atoms with Crippen LogP contribution in [0, 0.1) is 6.92 Å². The molecule has 2 saturated heterocycles. The van der Waals surface area contributed by atoms with Gasteiger partial charge in [0, 0.05) is 29.9 Å². The summed E-state index contributed by atoms with van der Waals surface area (Å²) in [4.78, 5) is 46.5. The molecule has 2 atom stereocenters. The number of nitrogens with one attached hydrogen (secondary N) is 1. The van der Waals surface area contributed by atoms with E-state index < -0.39 is 33.6 Å². The van der Waals surface area contributed by atoms with E-state index in [1.54, 1.807) is 24.4 Å². The summed E-state index contributed by atoms with van der Waals surface area (Å²) in [5.41, 5.74) is 0.653. The van der Waals surface area contributed by atoms with Gasteiger partial charge in [0.15, 0.2) is 11.5 Å². The number of hydrogen-bond acceptors (Lipinski definition) is 7. The molecule has 0 spiro atoms. The molecular weight excluding hydrogens is 532 g/mol. The molecule has 2 aliphatic heterocycles. The number of hydrogen-bond donors (Lipinski definition) is 1. The molecule has 1 N–H and O–H groups in total. The van der Waals surface area contributed by atoms with Gasteiger partial charge in [0.2, 0.25) is 15.9 Å². The van der Waals surface area contributed by atoms with Crippen LogP contribution in [0.3, 0.4) is 0 Å². The van der Waals surface area contributed by atoms with Crippen LogP contribution in [0.5, 0.6) is 0 Å². The topological polar surface area (TPSA) is 130 Å². The number of benzene rings is 1. The van der Waals surface area contributed by atoms with Crippen LogP contribution in [0.2, 0.25) is 0 Å². The first-order valence-electron chi connectivity index (χ1n) is 13.7. The summed E-state index contributed by atoms with van der Waals surface area (Å²) < 4.78 is 33.8. The summed E-state index contributed by atoms with van der Waals surface area (Å²) in [6.45, 7) is 1.80. The Hall–Kier alpha value is -3.57. The largest absolute Gasteiger partial charge is 0.451 e. The van der Waals surface area contributed by atoms with E-state index in [1.165, 1.54) is 15.4 Å². The van der Waals surface area contributed by atoms with Gasteiger partial charge in [0.25, 0.3) is 5.91 Å². The first-order valence-corrected chi connectivity index (χ1v) is 15.3. The number of likely N-dealkylation sites (tertiary alicyclic amines) is 1. The second-order valence-corrected chi connectivity index (χ2v) is 13.0. The molecule has 1 saturated carbocycles. The Morgan fingerprint density at radius 2 is 1.90 bits per heavy atom. The van der Waals surface area contributed by atoms with Crippen molar-refractivity contribution >= 4 is 38.6 Å². The molecule has 6 rings (SSSR count). The van der Waals surface area contributed by atoms with Gasteiger partial charge in [-0.05, 0) is 43.9 Å². The summed E-state index contributed by atoms with van der Waals surface area (Å²) in [6.07, 6.45) is 6.78. The SMILES string of the molecule is Cc1c(C(=O)NC2(C(=O)N3CCC4C3C(=O)CN4S(=O)(=O)Cc3cccnc3)CCCCC2)oc2ccccc12. The Morgan fingerprint density at radius 1 is 1.12 bits per heavy atom. The van der Waals surface area contributed by atoms with E-state index in [0.717, 1.165) is 24.6 Å². The minimum atomic E-state index is -3.81. The van der Waals surface area contributed by atoms with Crippen LogP contribution >= 0.6 is 0 Å². The van der Waals surface area contributed by atoms with E-state index in [0.29, 0.717) is 36.0 Å². The van der Waals surface area contributed by atoms with Crippen molar-refractivity contribution in [1.82, 2.24) is 19.5 Å². The highest BCUT2D eigenvalue weighted by Crippen LogP contribution is 2.38. The molecule has 1 aromatic carbocycles. The molecule has 40 heavy (non-hydrogen) atoms. The number of nitrogens with zero attached hydrogens (tertiary/aromatic N) is 3. The Kier molecular flexibility index (Phi) is 6.74. The molecule has 210 valence electrons. The third-order valence-corrected chi connectivity index (χ3v) is 10.4. The van der Waals surface area contributed by atoms with Crippen LogP contribution in [0.1, 0.15) is 60.2 Å². The zero-order valence-corrected chi connectivity index (χ0v) is 23.2. The Labute approximate surface area is 232 Å². The molecule has 10 nitrogen and oxygen atoms in total. The fraction of sp³-hybridized carbons (Fsp3) is 0.448. The van der Waals surface area contributed by atoms with Gasteiger partial charge in [0.1, 0.15) is 17.2 Å². The van der Waals surface area contributed by atoms with E-state index in [1.807, 2.05) is 25.1 Å². The van der Waals surface area contributed by atoms with Gasteiger partial charge in [-0.2, -0.15) is 4.31 Å². The lowest BCUT2D eigenvalue weighted by Crippen LogP contribution is -2.62.